The van der Waals surface area contributed by atoms with Gasteiger partial charge < -0.3 is 19.4 Å². The molecule has 30 heavy (non-hydrogen) atoms. The zero-order valence-electron chi connectivity index (χ0n) is 17.1. The number of hydrogen-bond donors (Lipinski definition) is 1. The molecule has 0 saturated heterocycles. The van der Waals surface area contributed by atoms with Gasteiger partial charge in [-0.25, -0.2) is 0 Å². The summed E-state index contributed by atoms with van der Waals surface area (Å²) < 4.78 is 12.6. The molecule has 6 heteroatoms. The average Bonchev–Trinajstić information content (AvgIpc) is 3.39. The topological polar surface area (TPSA) is 69.6 Å². The van der Waals surface area contributed by atoms with Crippen molar-refractivity contribution >= 4 is 11.7 Å². The summed E-state index contributed by atoms with van der Waals surface area (Å²) in [7, 11) is 3.19. The van der Waals surface area contributed by atoms with Gasteiger partial charge in [-0.05, 0) is 30.7 Å². The van der Waals surface area contributed by atoms with Gasteiger partial charge in [-0.3, -0.25) is 9.59 Å². The lowest BCUT2D eigenvalue weighted by Crippen LogP contribution is -2.28. The molecule has 2 aromatic carbocycles. The summed E-state index contributed by atoms with van der Waals surface area (Å²) in [6.07, 6.45) is 0.677. The smallest absolute Gasteiger partial charge is 0.229 e. The second-order valence-corrected chi connectivity index (χ2v) is 7.23. The Morgan fingerprint density at radius 3 is 2.57 bits per heavy atom. The SMILES string of the molecule is COc1ccc(CNC(=O)[C@@H]2CCn3c(C(=O)c4ccccc4)ccc32)c(OC)c1. The van der Waals surface area contributed by atoms with Crippen LogP contribution in [0.3, 0.4) is 0 Å². The van der Waals surface area contributed by atoms with E-state index in [1.165, 1.54) is 0 Å². The quantitative estimate of drug-likeness (QED) is 0.612. The Labute approximate surface area is 175 Å². The standard InChI is InChI=1S/C24H24N2O4/c1-29-18-9-8-17(22(14-18)30-2)15-25-24(28)19-12-13-26-20(19)10-11-21(26)23(27)16-6-4-3-5-7-16/h3-11,14,19H,12-13,15H2,1-2H3,(H,25,28)/t19-/m1/s1. The first-order valence-corrected chi connectivity index (χ1v) is 9.90. The van der Waals surface area contributed by atoms with Crippen LogP contribution >= 0.6 is 0 Å². The van der Waals surface area contributed by atoms with Crippen molar-refractivity contribution in [2.24, 2.45) is 0 Å². The fraction of sp³-hybridized carbons (Fsp3) is 0.250. The Kier molecular flexibility index (Phi) is 5.57. The highest BCUT2D eigenvalue weighted by Gasteiger charge is 2.31. The van der Waals surface area contributed by atoms with Gasteiger partial charge in [0.25, 0.3) is 0 Å². The summed E-state index contributed by atoms with van der Waals surface area (Å²) in [5.74, 6) is 1.02. The van der Waals surface area contributed by atoms with E-state index in [1.807, 2.05) is 59.2 Å². The predicted octanol–water partition coefficient (Wildman–Crippen LogP) is 3.54. The molecule has 0 bridgehead atoms. The second-order valence-electron chi connectivity index (χ2n) is 7.23. The molecule has 6 nitrogen and oxygen atoms in total. The van der Waals surface area contributed by atoms with Crippen molar-refractivity contribution in [2.45, 2.75) is 25.4 Å². The Hall–Kier alpha value is -3.54. The number of methoxy groups -OCH3 is 2. The highest BCUT2D eigenvalue weighted by atomic mass is 16.5. The van der Waals surface area contributed by atoms with Crippen molar-refractivity contribution < 1.29 is 19.1 Å². The van der Waals surface area contributed by atoms with E-state index in [2.05, 4.69) is 5.32 Å². The van der Waals surface area contributed by atoms with Crippen LogP contribution in [0, 0.1) is 0 Å². The first-order valence-electron chi connectivity index (χ1n) is 9.90. The number of aromatic nitrogens is 1. The molecule has 1 aliphatic heterocycles. The van der Waals surface area contributed by atoms with Gasteiger partial charge in [-0.15, -0.1) is 0 Å². The number of carbonyl (C=O) groups excluding carboxylic acids is 2. The molecule has 0 fully saturated rings. The third-order valence-corrected chi connectivity index (χ3v) is 5.55. The number of ketones is 1. The molecule has 1 amide bonds. The summed E-state index contributed by atoms with van der Waals surface area (Å²) in [5, 5.41) is 3.01. The number of amides is 1. The van der Waals surface area contributed by atoms with Crippen LogP contribution in [0.15, 0.2) is 60.7 Å². The maximum absolute atomic E-state index is 12.9. The Bertz CT molecular complexity index is 1070. The molecule has 1 atom stereocenters. The lowest BCUT2D eigenvalue weighted by Gasteiger charge is -2.13. The number of rotatable bonds is 7. The first-order chi connectivity index (χ1) is 14.6. The molecule has 4 rings (SSSR count). The number of fused-ring (bicyclic) bond motifs is 1. The van der Waals surface area contributed by atoms with Crippen LogP contribution in [0.5, 0.6) is 11.5 Å². The first kappa shape index (κ1) is 19.8. The van der Waals surface area contributed by atoms with Crippen LogP contribution in [0.25, 0.3) is 0 Å². The van der Waals surface area contributed by atoms with Crippen molar-refractivity contribution in [3.63, 3.8) is 0 Å². The maximum Gasteiger partial charge on any atom is 0.229 e. The Morgan fingerprint density at radius 1 is 1.03 bits per heavy atom. The summed E-state index contributed by atoms with van der Waals surface area (Å²) in [6.45, 7) is 1.01. The van der Waals surface area contributed by atoms with Crippen LogP contribution < -0.4 is 14.8 Å². The predicted molar refractivity (Wildman–Crippen MR) is 113 cm³/mol. The molecular formula is C24H24N2O4. The minimum atomic E-state index is -0.272. The van der Waals surface area contributed by atoms with Crippen molar-refractivity contribution in [3.8, 4) is 11.5 Å². The number of nitrogens with one attached hydrogen (secondary N) is 1. The number of hydrogen-bond acceptors (Lipinski definition) is 4. The van der Waals surface area contributed by atoms with Crippen molar-refractivity contribution in [3.05, 3.63) is 83.2 Å². The minimum Gasteiger partial charge on any atom is -0.497 e. The fourth-order valence-corrected chi connectivity index (χ4v) is 3.95. The fourth-order valence-electron chi connectivity index (χ4n) is 3.95. The molecule has 154 valence electrons. The van der Waals surface area contributed by atoms with E-state index >= 15 is 0 Å². The van der Waals surface area contributed by atoms with Crippen molar-refractivity contribution in [1.82, 2.24) is 9.88 Å². The Balaban J connectivity index is 1.47. The molecule has 0 saturated carbocycles. The summed E-state index contributed by atoms with van der Waals surface area (Å²) in [6, 6.07) is 18.4. The molecule has 1 N–H and O–H groups in total. The van der Waals surface area contributed by atoms with Gasteiger partial charge in [0.2, 0.25) is 11.7 Å². The van der Waals surface area contributed by atoms with Crippen LogP contribution in [0.1, 0.15) is 39.6 Å². The van der Waals surface area contributed by atoms with Crippen LogP contribution in [0.2, 0.25) is 0 Å². The number of carbonyl (C=O) groups is 2. The second kappa shape index (κ2) is 8.45. The van der Waals surface area contributed by atoms with E-state index in [4.69, 9.17) is 9.47 Å². The van der Waals surface area contributed by atoms with Crippen LogP contribution in [-0.2, 0) is 17.9 Å². The zero-order chi connectivity index (χ0) is 21.1. The number of ether oxygens (including phenoxy) is 2. The summed E-state index contributed by atoms with van der Waals surface area (Å²) in [4.78, 5) is 25.7. The molecule has 3 aromatic rings. The average molecular weight is 404 g/mol. The van der Waals surface area contributed by atoms with Gasteiger partial charge in [0.15, 0.2) is 0 Å². The number of benzene rings is 2. The highest BCUT2D eigenvalue weighted by molar-refractivity contribution is 6.08. The molecule has 0 aliphatic carbocycles. The van der Waals surface area contributed by atoms with E-state index in [-0.39, 0.29) is 17.6 Å². The minimum absolute atomic E-state index is 0.0223. The summed E-state index contributed by atoms with van der Waals surface area (Å²) in [5.41, 5.74) is 3.04. The van der Waals surface area contributed by atoms with Crippen LogP contribution in [-0.4, -0.2) is 30.5 Å². The van der Waals surface area contributed by atoms with Gasteiger partial charge in [-0.2, -0.15) is 0 Å². The van der Waals surface area contributed by atoms with Gasteiger partial charge in [-0.1, -0.05) is 30.3 Å². The van der Waals surface area contributed by atoms with Crippen molar-refractivity contribution in [2.75, 3.05) is 14.2 Å². The van der Waals surface area contributed by atoms with Gasteiger partial charge in [0.1, 0.15) is 11.5 Å². The van der Waals surface area contributed by atoms with E-state index in [1.54, 1.807) is 20.3 Å². The van der Waals surface area contributed by atoms with Crippen molar-refractivity contribution in [1.29, 1.82) is 0 Å². The van der Waals surface area contributed by atoms with Gasteiger partial charge in [0.05, 0.1) is 25.8 Å². The van der Waals surface area contributed by atoms with E-state index in [9.17, 15) is 9.59 Å². The van der Waals surface area contributed by atoms with Gasteiger partial charge in [0, 0.05) is 36.0 Å². The van der Waals surface area contributed by atoms with Crippen LogP contribution in [0.4, 0.5) is 0 Å². The lowest BCUT2D eigenvalue weighted by atomic mass is 10.0. The number of nitrogens with zero attached hydrogens (tertiary/aromatic N) is 1. The van der Waals surface area contributed by atoms with E-state index in [0.29, 0.717) is 42.3 Å². The molecule has 2 heterocycles. The largest absolute Gasteiger partial charge is 0.497 e. The Morgan fingerprint density at radius 2 is 1.83 bits per heavy atom. The molecule has 1 aromatic heterocycles. The molecular weight excluding hydrogens is 380 g/mol. The monoisotopic (exact) mass is 404 g/mol. The molecule has 0 unspecified atom stereocenters. The maximum atomic E-state index is 12.9. The molecule has 0 spiro atoms. The highest BCUT2D eigenvalue weighted by Crippen LogP contribution is 2.32. The summed E-state index contributed by atoms with van der Waals surface area (Å²) >= 11 is 0. The van der Waals surface area contributed by atoms with E-state index in [0.717, 1.165) is 11.3 Å². The third-order valence-electron chi connectivity index (χ3n) is 5.55. The van der Waals surface area contributed by atoms with E-state index < -0.39 is 0 Å². The lowest BCUT2D eigenvalue weighted by molar-refractivity contribution is -0.122. The molecule has 0 radical (unpaired) electrons. The zero-order valence-corrected chi connectivity index (χ0v) is 17.1. The van der Waals surface area contributed by atoms with Gasteiger partial charge >= 0.3 is 0 Å². The molecule has 1 aliphatic rings. The third kappa shape index (κ3) is 3.68. The normalized spacial score (nSPS) is 14.8.